The Morgan fingerprint density at radius 2 is 2.04 bits per heavy atom. The van der Waals surface area contributed by atoms with E-state index in [9.17, 15) is 4.39 Å². The van der Waals surface area contributed by atoms with Crippen molar-refractivity contribution in [3.63, 3.8) is 0 Å². The van der Waals surface area contributed by atoms with Gasteiger partial charge in [-0.1, -0.05) is 12.1 Å². The molecule has 2 aromatic rings. The second kappa shape index (κ2) is 10.9. The molecule has 0 aliphatic rings. The molecule has 0 saturated heterocycles. The summed E-state index contributed by atoms with van der Waals surface area (Å²) in [6.45, 7) is 5.00. The average molecular weight is 462 g/mol. The van der Waals surface area contributed by atoms with E-state index in [0.717, 1.165) is 17.9 Å². The number of guanidine groups is 1. The monoisotopic (exact) mass is 462 g/mol. The quantitative estimate of drug-likeness (QED) is 0.376. The highest BCUT2D eigenvalue weighted by molar-refractivity contribution is 14.0. The van der Waals surface area contributed by atoms with Crippen LogP contribution in [0.15, 0.2) is 39.8 Å². The summed E-state index contributed by atoms with van der Waals surface area (Å²) in [5, 5.41) is 10.3. The van der Waals surface area contributed by atoms with Crippen molar-refractivity contribution >= 4 is 29.9 Å². The Labute approximate surface area is 164 Å². The summed E-state index contributed by atoms with van der Waals surface area (Å²) < 4.78 is 23.8. The molecule has 138 valence electrons. The van der Waals surface area contributed by atoms with Crippen LogP contribution in [0.1, 0.15) is 25.3 Å². The third-order valence-electron chi connectivity index (χ3n) is 3.33. The molecule has 1 atom stereocenters. The maximum atomic E-state index is 12.9. The number of nitrogens with zero attached hydrogens (tertiary/aromatic N) is 2. The normalized spacial score (nSPS) is 12.2. The van der Waals surface area contributed by atoms with Crippen LogP contribution >= 0.6 is 24.0 Å². The summed E-state index contributed by atoms with van der Waals surface area (Å²) in [7, 11) is 1.69. The minimum Gasteiger partial charge on any atom is -0.489 e. The van der Waals surface area contributed by atoms with Gasteiger partial charge in [0.05, 0.1) is 18.8 Å². The lowest BCUT2D eigenvalue weighted by Gasteiger charge is -2.17. The van der Waals surface area contributed by atoms with Gasteiger partial charge >= 0.3 is 0 Å². The summed E-state index contributed by atoms with van der Waals surface area (Å²) in [5.74, 6) is 1.74. The molecule has 0 bridgehead atoms. The van der Waals surface area contributed by atoms with Crippen LogP contribution in [0.25, 0.3) is 0 Å². The first-order valence-electron chi connectivity index (χ1n) is 7.92. The second-order valence-electron chi connectivity index (χ2n) is 5.33. The summed E-state index contributed by atoms with van der Waals surface area (Å²) in [6.07, 6.45) is 0.736. The molecule has 0 radical (unpaired) electrons. The van der Waals surface area contributed by atoms with Gasteiger partial charge in [-0.05, 0) is 37.6 Å². The maximum Gasteiger partial charge on any atom is 0.191 e. The highest BCUT2D eigenvalue weighted by atomic mass is 127. The van der Waals surface area contributed by atoms with Gasteiger partial charge in [-0.2, -0.15) is 0 Å². The number of nitrogens with one attached hydrogen (secondary N) is 2. The average Bonchev–Trinajstić information content (AvgIpc) is 3.05. The Morgan fingerprint density at radius 3 is 2.64 bits per heavy atom. The molecular weight excluding hydrogens is 438 g/mol. The molecule has 25 heavy (non-hydrogen) atoms. The third kappa shape index (κ3) is 7.29. The molecule has 6 nitrogen and oxygen atoms in total. The molecule has 1 aromatic carbocycles. The van der Waals surface area contributed by atoms with Crippen molar-refractivity contribution in [1.29, 1.82) is 0 Å². The van der Waals surface area contributed by atoms with Crippen LogP contribution in [-0.2, 0) is 13.0 Å². The SMILES string of the molecule is CCc1cc(CNC(=NC)NCC(C)Oc2ccc(F)cc2)on1.I. The van der Waals surface area contributed by atoms with Gasteiger partial charge in [0.15, 0.2) is 11.7 Å². The molecule has 0 saturated carbocycles. The molecule has 8 heteroatoms. The number of rotatable bonds is 7. The molecule has 1 aromatic heterocycles. The highest BCUT2D eigenvalue weighted by Gasteiger charge is 2.07. The number of hydrogen-bond acceptors (Lipinski definition) is 4. The Bertz CT molecular complexity index is 661. The number of halogens is 2. The Morgan fingerprint density at radius 1 is 1.32 bits per heavy atom. The van der Waals surface area contributed by atoms with Crippen LogP contribution < -0.4 is 15.4 Å². The van der Waals surface area contributed by atoms with E-state index >= 15 is 0 Å². The summed E-state index contributed by atoms with van der Waals surface area (Å²) >= 11 is 0. The summed E-state index contributed by atoms with van der Waals surface area (Å²) in [6, 6.07) is 7.87. The molecule has 2 N–H and O–H groups in total. The number of benzene rings is 1. The van der Waals surface area contributed by atoms with Crippen LogP contribution in [0.2, 0.25) is 0 Å². The molecule has 0 aliphatic heterocycles. The van der Waals surface area contributed by atoms with Crippen molar-refractivity contribution < 1.29 is 13.7 Å². The van der Waals surface area contributed by atoms with E-state index in [1.807, 2.05) is 19.9 Å². The molecule has 0 aliphatic carbocycles. The number of aliphatic imine (C=N–C) groups is 1. The number of aromatic nitrogens is 1. The number of ether oxygens (including phenoxy) is 1. The highest BCUT2D eigenvalue weighted by Crippen LogP contribution is 2.12. The van der Waals surface area contributed by atoms with Crippen molar-refractivity contribution in [3.05, 3.63) is 47.6 Å². The van der Waals surface area contributed by atoms with Gasteiger partial charge in [-0.15, -0.1) is 24.0 Å². The summed E-state index contributed by atoms with van der Waals surface area (Å²) in [4.78, 5) is 4.15. The number of hydrogen-bond donors (Lipinski definition) is 2. The van der Waals surface area contributed by atoms with Gasteiger partial charge in [-0.25, -0.2) is 4.39 Å². The zero-order valence-electron chi connectivity index (χ0n) is 14.6. The Kier molecular flexibility index (Phi) is 9.25. The van der Waals surface area contributed by atoms with Crippen LogP contribution in [0, 0.1) is 5.82 Å². The topological polar surface area (TPSA) is 71.7 Å². The first-order valence-corrected chi connectivity index (χ1v) is 7.92. The van der Waals surface area contributed by atoms with E-state index in [1.165, 1.54) is 12.1 Å². The standard InChI is InChI=1S/C17H23FN4O2.HI/c1-4-14-9-16(24-22-14)11-21-17(19-3)20-10-12(2)23-15-7-5-13(18)6-8-15;/h5-9,12H,4,10-11H2,1-3H3,(H2,19,20,21);1H. The van der Waals surface area contributed by atoms with E-state index in [2.05, 4.69) is 20.8 Å². The second-order valence-corrected chi connectivity index (χ2v) is 5.33. The fraction of sp³-hybridized carbons (Fsp3) is 0.412. The van der Waals surface area contributed by atoms with Gasteiger partial charge in [0.1, 0.15) is 17.7 Å². The Hall–Kier alpha value is -1.84. The van der Waals surface area contributed by atoms with Crippen molar-refractivity contribution in [3.8, 4) is 5.75 Å². The molecule has 2 rings (SSSR count). The molecular formula is C17H24FIN4O2. The van der Waals surface area contributed by atoms with Gasteiger partial charge in [0.2, 0.25) is 0 Å². The zero-order valence-corrected chi connectivity index (χ0v) is 16.9. The van der Waals surface area contributed by atoms with E-state index in [-0.39, 0.29) is 35.9 Å². The molecule has 0 amide bonds. The number of aryl methyl sites for hydroxylation is 1. The lowest BCUT2D eigenvalue weighted by molar-refractivity contribution is 0.223. The molecule has 1 heterocycles. The predicted molar refractivity (Wildman–Crippen MR) is 106 cm³/mol. The Balaban J connectivity index is 0.00000312. The smallest absolute Gasteiger partial charge is 0.191 e. The first kappa shape index (κ1) is 21.2. The van der Waals surface area contributed by atoms with Crippen LogP contribution in [0.3, 0.4) is 0 Å². The fourth-order valence-electron chi connectivity index (χ4n) is 2.02. The fourth-order valence-corrected chi connectivity index (χ4v) is 2.02. The van der Waals surface area contributed by atoms with Gasteiger partial charge in [-0.3, -0.25) is 4.99 Å². The molecule has 1 unspecified atom stereocenters. The van der Waals surface area contributed by atoms with E-state index in [4.69, 9.17) is 9.26 Å². The lowest BCUT2D eigenvalue weighted by Crippen LogP contribution is -2.41. The minimum absolute atomic E-state index is 0. The maximum absolute atomic E-state index is 12.9. The lowest BCUT2D eigenvalue weighted by atomic mass is 10.3. The van der Waals surface area contributed by atoms with E-state index < -0.39 is 0 Å². The van der Waals surface area contributed by atoms with Crippen LogP contribution in [0.5, 0.6) is 5.75 Å². The summed E-state index contributed by atoms with van der Waals surface area (Å²) in [5.41, 5.74) is 0.927. The van der Waals surface area contributed by atoms with Crippen molar-refractivity contribution in [2.75, 3.05) is 13.6 Å². The van der Waals surface area contributed by atoms with E-state index in [0.29, 0.717) is 24.8 Å². The van der Waals surface area contributed by atoms with Crippen molar-refractivity contribution in [2.24, 2.45) is 4.99 Å². The van der Waals surface area contributed by atoms with Crippen molar-refractivity contribution in [2.45, 2.75) is 32.9 Å². The van der Waals surface area contributed by atoms with E-state index in [1.54, 1.807) is 19.2 Å². The zero-order chi connectivity index (χ0) is 17.4. The van der Waals surface area contributed by atoms with Crippen LogP contribution in [-0.4, -0.2) is 30.8 Å². The van der Waals surface area contributed by atoms with Crippen molar-refractivity contribution in [1.82, 2.24) is 15.8 Å². The molecule has 0 spiro atoms. The van der Waals surface area contributed by atoms with Gasteiger partial charge in [0.25, 0.3) is 0 Å². The van der Waals surface area contributed by atoms with Crippen LogP contribution in [0.4, 0.5) is 4.39 Å². The van der Waals surface area contributed by atoms with Gasteiger partial charge in [0, 0.05) is 13.1 Å². The molecule has 0 fully saturated rings. The minimum atomic E-state index is -0.281. The third-order valence-corrected chi connectivity index (χ3v) is 3.33. The largest absolute Gasteiger partial charge is 0.489 e. The van der Waals surface area contributed by atoms with Gasteiger partial charge < -0.3 is 19.9 Å². The first-order chi connectivity index (χ1) is 11.6. The predicted octanol–water partition coefficient (Wildman–Crippen LogP) is 3.13.